The van der Waals surface area contributed by atoms with E-state index in [0.717, 1.165) is 0 Å². The Balaban J connectivity index is 1.56. The first-order valence-electron chi connectivity index (χ1n) is 16.2. The van der Waals surface area contributed by atoms with E-state index in [1.807, 2.05) is 0 Å². The van der Waals surface area contributed by atoms with Crippen LogP contribution in [0.1, 0.15) is 12.8 Å². The highest BCUT2D eigenvalue weighted by molar-refractivity contribution is 5.80. The molecule has 22 heteroatoms. The second kappa shape index (κ2) is 17.5. The van der Waals surface area contributed by atoms with Gasteiger partial charge in [0.1, 0.15) is 73.2 Å². The number of amides is 1. The molecule has 0 radical (unpaired) electrons. The van der Waals surface area contributed by atoms with Gasteiger partial charge in [0, 0.05) is 31.7 Å². The van der Waals surface area contributed by atoms with E-state index in [2.05, 4.69) is 5.32 Å². The van der Waals surface area contributed by atoms with E-state index in [9.17, 15) is 40.5 Å². The Kier molecular flexibility index (Phi) is 14.4. The molecule has 286 valence electrons. The SMILES string of the molecule is NCC[C@H](O)C(=O)NC[C@H]1O[C@@H](O[C@@H]2[C@@H](O)[C@H](N)C[C@H](N)[C@H]2O[C@H]2O[C@H](CN)[C@@H](O)[C@H](O)[C@H]2N)[C@H](O)[C@@H]1O[C@H]1O[C@@H](CN)[C@@H](O)[C@H](O)[C@H]1N. The first kappa shape index (κ1) is 40.4. The van der Waals surface area contributed by atoms with Gasteiger partial charge >= 0.3 is 0 Å². The van der Waals surface area contributed by atoms with Crippen LogP contribution in [0.25, 0.3) is 0 Å². The fourth-order valence-electron chi connectivity index (χ4n) is 6.37. The molecule has 3 aliphatic heterocycles. The molecule has 1 saturated carbocycles. The molecule has 3 saturated heterocycles. The predicted molar refractivity (Wildman–Crippen MR) is 164 cm³/mol. The Labute approximate surface area is 282 Å². The van der Waals surface area contributed by atoms with Crippen molar-refractivity contribution in [1.29, 1.82) is 0 Å². The quantitative estimate of drug-likeness (QED) is 0.0841. The number of hydrogen-bond donors (Lipinski definition) is 15. The number of rotatable bonds is 13. The second-order valence-corrected chi connectivity index (χ2v) is 12.9. The summed E-state index contributed by atoms with van der Waals surface area (Å²) in [7, 11) is 0. The molecule has 0 spiro atoms. The summed E-state index contributed by atoms with van der Waals surface area (Å²) in [5, 5.41) is 76.6. The molecule has 1 aliphatic carbocycles. The van der Waals surface area contributed by atoms with Crippen LogP contribution in [0.3, 0.4) is 0 Å². The minimum Gasteiger partial charge on any atom is -0.389 e. The van der Waals surface area contributed by atoms with Crippen LogP contribution in [-0.2, 0) is 33.2 Å². The number of aliphatic hydroxyl groups excluding tert-OH is 7. The van der Waals surface area contributed by atoms with Crippen LogP contribution in [0, 0.1) is 0 Å². The first-order chi connectivity index (χ1) is 23.1. The van der Waals surface area contributed by atoms with Crippen LogP contribution >= 0.6 is 0 Å². The molecule has 4 fully saturated rings. The zero-order valence-corrected chi connectivity index (χ0v) is 26.8. The number of carbonyl (C=O) groups is 1. The summed E-state index contributed by atoms with van der Waals surface area (Å²) in [5.41, 5.74) is 41.5. The summed E-state index contributed by atoms with van der Waals surface area (Å²) in [6.45, 7) is -0.720. The van der Waals surface area contributed by atoms with Crippen molar-refractivity contribution < 1.29 is 69.0 Å². The smallest absolute Gasteiger partial charge is 0.248 e. The maximum Gasteiger partial charge on any atom is 0.248 e. The number of hydrogen-bond acceptors (Lipinski definition) is 21. The monoisotopic (exact) mass is 714 g/mol. The van der Waals surface area contributed by atoms with E-state index in [1.54, 1.807) is 0 Å². The van der Waals surface area contributed by atoms with Gasteiger partial charge in [-0.25, -0.2) is 0 Å². The van der Waals surface area contributed by atoms with Crippen LogP contribution in [0.5, 0.6) is 0 Å². The molecule has 22 N–H and O–H groups in total. The topological polar surface area (TPSA) is 408 Å². The summed E-state index contributed by atoms with van der Waals surface area (Å²) in [4.78, 5) is 12.5. The van der Waals surface area contributed by atoms with Gasteiger partial charge in [-0.05, 0) is 19.4 Å². The normalized spacial score (nSPS) is 48.3. The van der Waals surface area contributed by atoms with Crippen molar-refractivity contribution in [2.45, 2.75) is 135 Å². The van der Waals surface area contributed by atoms with E-state index in [0.29, 0.717) is 0 Å². The van der Waals surface area contributed by atoms with E-state index >= 15 is 0 Å². The van der Waals surface area contributed by atoms with Crippen molar-refractivity contribution in [2.24, 2.45) is 40.1 Å². The third kappa shape index (κ3) is 8.83. The average molecular weight is 715 g/mol. The van der Waals surface area contributed by atoms with E-state index in [4.69, 9.17) is 68.6 Å². The Bertz CT molecular complexity index is 1060. The summed E-state index contributed by atoms with van der Waals surface area (Å²) >= 11 is 0. The Morgan fingerprint density at radius 3 is 1.65 bits per heavy atom. The summed E-state index contributed by atoms with van der Waals surface area (Å²) in [6.07, 6.45) is -22.2. The van der Waals surface area contributed by atoms with Crippen molar-refractivity contribution >= 4 is 5.91 Å². The van der Waals surface area contributed by atoms with Crippen LogP contribution in [0.15, 0.2) is 0 Å². The molecule has 0 bridgehead atoms. The third-order valence-corrected chi connectivity index (χ3v) is 9.41. The standard InChI is InChI=1S/C27H54N8O14/c28-2-1-9(36)24(43)35-6-12-22(48-26-14(34)19(41)17(39)11(5-30)45-26)20(42)27(46-12)49-23-15(37)7(31)3-8(32)21(23)47-25-13(33)18(40)16(38)10(4-29)44-25/h7-23,25-27,36-42H,1-6,28-34H2,(H,35,43)/t7-,8+,9+,10-,11+,12-,13-,14-,15+,16-,17-,18-,19-,20-,21-,22-,23-,25-,26-,27+/m1/s1. The lowest BCUT2D eigenvalue weighted by atomic mass is 9.84. The zero-order chi connectivity index (χ0) is 36.3. The third-order valence-electron chi connectivity index (χ3n) is 9.41. The predicted octanol–water partition coefficient (Wildman–Crippen LogP) is -10.1. The highest BCUT2D eigenvalue weighted by Gasteiger charge is 2.54. The van der Waals surface area contributed by atoms with Gasteiger partial charge in [0.2, 0.25) is 5.91 Å². The summed E-state index contributed by atoms with van der Waals surface area (Å²) in [6, 6.07) is -4.41. The largest absolute Gasteiger partial charge is 0.389 e. The maximum atomic E-state index is 12.5. The molecule has 4 aliphatic rings. The lowest BCUT2D eigenvalue weighted by Crippen LogP contribution is -2.68. The van der Waals surface area contributed by atoms with Gasteiger partial charge in [-0.2, -0.15) is 0 Å². The highest BCUT2D eigenvalue weighted by atomic mass is 16.8. The molecule has 3 heterocycles. The fourth-order valence-corrected chi connectivity index (χ4v) is 6.37. The van der Waals surface area contributed by atoms with Gasteiger partial charge in [-0.3, -0.25) is 4.79 Å². The number of ether oxygens (including phenoxy) is 6. The highest BCUT2D eigenvalue weighted by Crippen LogP contribution is 2.34. The molecule has 0 aromatic carbocycles. The van der Waals surface area contributed by atoms with Gasteiger partial charge in [-0.15, -0.1) is 0 Å². The molecule has 1 amide bonds. The lowest BCUT2D eigenvalue weighted by Gasteiger charge is -2.47. The van der Waals surface area contributed by atoms with Gasteiger partial charge < -0.3 is 110 Å². The van der Waals surface area contributed by atoms with Crippen LogP contribution in [0.4, 0.5) is 0 Å². The number of aliphatic hydroxyl groups is 7. The molecule has 49 heavy (non-hydrogen) atoms. The first-order valence-corrected chi connectivity index (χ1v) is 16.2. The van der Waals surface area contributed by atoms with Crippen molar-refractivity contribution in [3.63, 3.8) is 0 Å². The lowest BCUT2D eigenvalue weighted by molar-refractivity contribution is -0.306. The van der Waals surface area contributed by atoms with Crippen molar-refractivity contribution in [3.05, 3.63) is 0 Å². The Hall–Kier alpha value is -1.33. The maximum absolute atomic E-state index is 12.5. The minimum absolute atomic E-state index is 0.0305. The van der Waals surface area contributed by atoms with E-state index in [-0.39, 0.29) is 39.0 Å². The molecule has 0 unspecified atom stereocenters. The van der Waals surface area contributed by atoms with Gasteiger partial charge in [0.25, 0.3) is 0 Å². The summed E-state index contributed by atoms with van der Waals surface area (Å²) < 4.78 is 35.4. The van der Waals surface area contributed by atoms with E-state index in [1.165, 1.54) is 0 Å². The van der Waals surface area contributed by atoms with Crippen LogP contribution < -0.4 is 45.5 Å². The minimum atomic E-state index is -1.69. The van der Waals surface area contributed by atoms with E-state index < -0.39 is 128 Å². The molecular weight excluding hydrogens is 660 g/mol. The average Bonchev–Trinajstić information content (AvgIpc) is 3.36. The van der Waals surface area contributed by atoms with Gasteiger partial charge in [-0.1, -0.05) is 0 Å². The molecular formula is C27H54N8O14. The Morgan fingerprint density at radius 1 is 0.653 bits per heavy atom. The van der Waals surface area contributed by atoms with Crippen molar-refractivity contribution in [3.8, 4) is 0 Å². The Morgan fingerprint density at radius 2 is 1.14 bits per heavy atom. The van der Waals surface area contributed by atoms with Crippen molar-refractivity contribution in [2.75, 3.05) is 26.2 Å². The number of nitrogens with two attached hydrogens (primary N) is 7. The molecule has 0 aromatic heterocycles. The molecule has 4 rings (SSSR count). The number of nitrogens with one attached hydrogen (secondary N) is 1. The molecule has 20 atom stereocenters. The molecule has 0 aromatic rings. The second-order valence-electron chi connectivity index (χ2n) is 12.9. The fraction of sp³-hybridized carbons (Fsp3) is 0.963. The molecule has 22 nitrogen and oxygen atoms in total. The van der Waals surface area contributed by atoms with Crippen LogP contribution in [-0.4, -0.2) is 190 Å². The summed E-state index contributed by atoms with van der Waals surface area (Å²) in [5.74, 6) is -0.793. The number of carbonyl (C=O) groups excluding carboxylic acids is 1. The van der Waals surface area contributed by atoms with Gasteiger partial charge in [0.15, 0.2) is 18.9 Å². The van der Waals surface area contributed by atoms with Crippen molar-refractivity contribution in [1.82, 2.24) is 5.32 Å². The van der Waals surface area contributed by atoms with Gasteiger partial charge in [0.05, 0.1) is 18.2 Å². The zero-order valence-electron chi connectivity index (χ0n) is 26.8. The van der Waals surface area contributed by atoms with Crippen LogP contribution in [0.2, 0.25) is 0 Å².